The fourth-order valence-electron chi connectivity index (χ4n) is 2.98. The summed E-state index contributed by atoms with van der Waals surface area (Å²) in [6, 6.07) is 14.9. The topological polar surface area (TPSA) is 151 Å². The van der Waals surface area contributed by atoms with Crippen LogP contribution in [-0.4, -0.2) is 39.8 Å². The van der Waals surface area contributed by atoms with E-state index in [2.05, 4.69) is 20.2 Å². The second-order valence-corrected chi connectivity index (χ2v) is 10.1. The number of ether oxygens (including phenoxy) is 1. The van der Waals surface area contributed by atoms with E-state index in [1.54, 1.807) is 50.2 Å². The van der Waals surface area contributed by atoms with E-state index in [9.17, 15) is 13.2 Å². The maximum absolute atomic E-state index is 12.3. The van der Waals surface area contributed by atoms with E-state index in [4.69, 9.17) is 14.9 Å². The zero-order valence-electron chi connectivity index (χ0n) is 18.4. The van der Waals surface area contributed by atoms with Crippen molar-refractivity contribution in [3.63, 3.8) is 0 Å². The molecule has 11 heteroatoms. The Morgan fingerprint density at radius 3 is 2.44 bits per heavy atom. The molecule has 4 aromatic rings. The average molecular weight is 480 g/mol. The van der Waals surface area contributed by atoms with Gasteiger partial charge in [-0.3, -0.25) is 4.79 Å². The number of nitrogens with two attached hydrogens (primary N) is 1. The number of aromatic nitrogens is 4. The Morgan fingerprint density at radius 2 is 1.76 bits per heavy atom. The van der Waals surface area contributed by atoms with Crippen molar-refractivity contribution in [1.82, 2.24) is 20.2 Å². The minimum absolute atomic E-state index is 0.00614. The molecule has 10 nitrogen and oxygen atoms in total. The van der Waals surface area contributed by atoms with Crippen molar-refractivity contribution >= 4 is 21.6 Å². The molecule has 0 aliphatic heterocycles. The predicted octanol–water partition coefficient (Wildman–Crippen LogP) is 3.11. The van der Waals surface area contributed by atoms with Crippen LogP contribution in [0, 0.1) is 0 Å². The molecule has 2 N–H and O–H groups in total. The van der Waals surface area contributed by atoms with Gasteiger partial charge in [-0.05, 0) is 38.1 Å². The van der Waals surface area contributed by atoms with Crippen LogP contribution in [0.15, 0.2) is 70.1 Å². The molecule has 0 saturated carbocycles. The van der Waals surface area contributed by atoms with E-state index in [1.807, 2.05) is 6.07 Å². The Morgan fingerprint density at radius 1 is 1.06 bits per heavy atom. The maximum Gasteiger partial charge on any atom is 0.320 e. The van der Waals surface area contributed by atoms with Crippen LogP contribution in [0.2, 0.25) is 0 Å². The highest BCUT2D eigenvalue weighted by Gasteiger charge is 2.20. The zero-order chi connectivity index (χ0) is 24.3. The minimum Gasteiger partial charge on any atom is -0.426 e. The van der Waals surface area contributed by atoms with Gasteiger partial charge < -0.3 is 14.9 Å². The summed E-state index contributed by atoms with van der Waals surface area (Å²) < 4.78 is 35.5. The van der Waals surface area contributed by atoms with Crippen LogP contribution in [0.1, 0.15) is 19.7 Å². The first-order valence-electron chi connectivity index (χ1n) is 10.3. The lowest BCUT2D eigenvalue weighted by molar-refractivity contribution is -0.133. The molecule has 0 saturated heterocycles. The van der Waals surface area contributed by atoms with E-state index < -0.39 is 21.1 Å². The summed E-state index contributed by atoms with van der Waals surface area (Å²) in [6.07, 6.45) is 1.22. The summed E-state index contributed by atoms with van der Waals surface area (Å²) in [7, 11) is -3.39. The zero-order valence-corrected chi connectivity index (χ0v) is 19.2. The van der Waals surface area contributed by atoms with Gasteiger partial charge in [0.25, 0.3) is 5.89 Å². The van der Waals surface area contributed by atoms with Crippen molar-refractivity contribution in [3.05, 3.63) is 66.7 Å². The smallest absolute Gasteiger partial charge is 0.320 e. The highest BCUT2D eigenvalue weighted by molar-refractivity contribution is 7.92. The number of esters is 1. The van der Waals surface area contributed by atoms with Crippen LogP contribution in [0.3, 0.4) is 0 Å². The van der Waals surface area contributed by atoms with Gasteiger partial charge in [0, 0.05) is 5.56 Å². The molecule has 34 heavy (non-hydrogen) atoms. The van der Waals surface area contributed by atoms with Gasteiger partial charge in [-0.2, -0.15) is 0 Å². The molecule has 2 aromatic heterocycles. The van der Waals surface area contributed by atoms with E-state index in [-0.39, 0.29) is 34.6 Å². The molecule has 0 bridgehead atoms. The summed E-state index contributed by atoms with van der Waals surface area (Å²) in [5.41, 5.74) is 7.16. The summed E-state index contributed by atoms with van der Waals surface area (Å²) in [6.45, 7) is 3.25. The van der Waals surface area contributed by atoms with Crippen molar-refractivity contribution < 1.29 is 22.4 Å². The number of hydrogen-bond acceptors (Lipinski definition) is 10. The van der Waals surface area contributed by atoms with Crippen molar-refractivity contribution in [3.8, 4) is 28.6 Å². The van der Waals surface area contributed by atoms with Crippen LogP contribution in [0.5, 0.6) is 5.75 Å². The third-order valence-electron chi connectivity index (χ3n) is 4.84. The second-order valence-electron chi connectivity index (χ2n) is 7.57. The molecule has 0 amide bonds. The lowest BCUT2D eigenvalue weighted by Gasteiger charge is -2.09. The highest BCUT2D eigenvalue weighted by atomic mass is 32.2. The van der Waals surface area contributed by atoms with Crippen LogP contribution < -0.4 is 10.5 Å². The molecule has 0 fully saturated rings. The number of para-hydroxylation sites is 1. The summed E-state index contributed by atoms with van der Waals surface area (Å²) in [5, 5.41) is 7.26. The molecular weight excluding hydrogens is 458 g/mol. The maximum atomic E-state index is 12.3. The van der Waals surface area contributed by atoms with E-state index in [0.29, 0.717) is 17.0 Å². The fourth-order valence-corrected chi connectivity index (χ4v) is 4.04. The van der Waals surface area contributed by atoms with Gasteiger partial charge >= 0.3 is 5.97 Å². The molecule has 174 valence electrons. The largest absolute Gasteiger partial charge is 0.426 e. The Hall–Kier alpha value is -4.12. The molecule has 4 rings (SSSR count). The molecule has 2 heterocycles. The second kappa shape index (κ2) is 9.40. The van der Waals surface area contributed by atoms with Crippen molar-refractivity contribution in [2.45, 2.75) is 30.4 Å². The number of hydrogen-bond donors (Lipinski definition) is 1. The van der Waals surface area contributed by atoms with Crippen molar-refractivity contribution in [1.29, 1.82) is 0 Å². The Labute approximate surface area is 195 Å². The van der Waals surface area contributed by atoms with Gasteiger partial charge in [0.05, 0.1) is 22.0 Å². The number of anilines is 1. The lowest BCUT2D eigenvalue weighted by atomic mass is 10.1. The average Bonchev–Trinajstić information content (AvgIpc) is 3.28. The third kappa shape index (κ3) is 4.94. The molecule has 0 unspecified atom stereocenters. The molecule has 0 aliphatic rings. The Kier molecular flexibility index (Phi) is 6.37. The van der Waals surface area contributed by atoms with Gasteiger partial charge in [0.1, 0.15) is 12.2 Å². The Balaban J connectivity index is 1.54. The first kappa shape index (κ1) is 23.1. The predicted molar refractivity (Wildman–Crippen MR) is 123 cm³/mol. The minimum atomic E-state index is -3.39. The molecule has 0 aliphatic carbocycles. The first-order chi connectivity index (χ1) is 16.2. The summed E-state index contributed by atoms with van der Waals surface area (Å²) >= 11 is 0. The van der Waals surface area contributed by atoms with Crippen molar-refractivity contribution in [2.24, 2.45) is 0 Å². The van der Waals surface area contributed by atoms with Crippen LogP contribution in [0.4, 0.5) is 5.82 Å². The highest BCUT2D eigenvalue weighted by Crippen LogP contribution is 2.27. The van der Waals surface area contributed by atoms with Crippen LogP contribution >= 0.6 is 0 Å². The third-order valence-corrected chi connectivity index (χ3v) is 7.01. The molecular formula is C23H21N5O5S. The SMILES string of the molecule is CC(C)S(=O)(=O)c1ccc(-c2cnc(N)c(-c3nnc(CC(=O)Oc4ccccc4)o3)n2)cc1. The lowest BCUT2D eigenvalue weighted by Crippen LogP contribution is -2.13. The monoisotopic (exact) mass is 479 g/mol. The summed E-state index contributed by atoms with van der Waals surface area (Å²) in [5.74, 6) is -0.0723. The van der Waals surface area contributed by atoms with Gasteiger partial charge in [-0.15, -0.1) is 10.2 Å². The van der Waals surface area contributed by atoms with Crippen LogP contribution in [0.25, 0.3) is 22.8 Å². The normalized spacial score (nSPS) is 11.5. The van der Waals surface area contributed by atoms with Gasteiger partial charge in [0.15, 0.2) is 21.3 Å². The number of carbonyl (C=O) groups excluding carboxylic acids is 1. The summed E-state index contributed by atoms with van der Waals surface area (Å²) in [4.78, 5) is 20.9. The number of carbonyl (C=O) groups is 1. The van der Waals surface area contributed by atoms with Gasteiger partial charge in [-0.25, -0.2) is 18.4 Å². The first-order valence-corrected chi connectivity index (χ1v) is 11.8. The van der Waals surface area contributed by atoms with Crippen molar-refractivity contribution in [2.75, 3.05) is 5.73 Å². The van der Waals surface area contributed by atoms with Gasteiger partial charge in [0.2, 0.25) is 5.89 Å². The van der Waals surface area contributed by atoms with Crippen LogP contribution in [-0.2, 0) is 21.1 Å². The standard InChI is InChI=1S/C23H21N5O5S/c1-14(2)34(30,31)17-10-8-15(9-11-17)18-13-25-22(24)21(26-18)23-28-27-19(33-23)12-20(29)32-16-6-4-3-5-7-16/h3-11,13-14H,12H2,1-2H3,(H2,24,25). The van der Waals surface area contributed by atoms with E-state index in [0.717, 1.165) is 0 Å². The number of sulfone groups is 1. The molecule has 2 aromatic carbocycles. The van der Waals surface area contributed by atoms with E-state index >= 15 is 0 Å². The molecule has 0 spiro atoms. The Bertz CT molecular complexity index is 1420. The molecule has 0 atom stereocenters. The number of rotatable bonds is 7. The fraction of sp³-hybridized carbons (Fsp3) is 0.174. The number of nitrogens with zero attached hydrogens (tertiary/aromatic N) is 4. The number of benzene rings is 2. The van der Waals surface area contributed by atoms with Gasteiger partial charge in [-0.1, -0.05) is 30.3 Å². The van der Waals surface area contributed by atoms with E-state index in [1.165, 1.54) is 18.3 Å². The quantitative estimate of drug-likeness (QED) is 0.309. The number of nitrogen functional groups attached to an aromatic ring is 1. The molecule has 0 radical (unpaired) electrons.